The number of nitrogens with one attached hydrogen (secondary N) is 1. The molecular weight excluding hydrogens is 284 g/mol. The van der Waals surface area contributed by atoms with Crippen molar-refractivity contribution in [2.45, 2.75) is 50.1 Å². The van der Waals surface area contributed by atoms with Crippen LogP contribution in [0.15, 0.2) is 23.1 Å². The number of hydrogen-bond acceptors (Lipinski definition) is 3. The van der Waals surface area contributed by atoms with Gasteiger partial charge in [-0.1, -0.05) is 6.07 Å². The van der Waals surface area contributed by atoms with Crippen molar-refractivity contribution < 1.29 is 8.42 Å². The van der Waals surface area contributed by atoms with Gasteiger partial charge in [-0.2, -0.15) is 4.31 Å². The largest absolute Gasteiger partial charge is 0.316 e. The molecule has 0 aliphatic heterocycles. The van der Waals surface area contributed by atoms with Crippen LogP contribution in [0, 0.1) is 12.8 Å². The average molecular weight is 308 g/mol. The Bertz CT molecular complexity index is 619. The lowest BCUT2D eigenvalue weighted by Crippen LogP contribution is -2.35. The number of nitrogens with zero attached hydrogens (tertiary/aromatic N) is 1. The minimum atomic E-state index is -3.34. The first-order chi connectivity index (χ1) is 10.0. The van der Waals surface area contributed by atoms with Crippen LogP contribution >= 0.6 is 0 Å². The van der Waals surface area contributed by atoms with Crippen molar-refractivity contribution in [3.05, 3.63) is 29.3 Å². The molecule has 0 heterocycles. The summed E-state index contributed by atoms with van der Waals surface area (Å²) in [6.07, 6.45) is 4.39. The van der Waals surface area contributed by atoms with Crippen molar-refractivity contribution in [1.82, 2.24) is 9.62 Å². The summed E-state index contributed by atoms with van der Waals surface area (Å²) in [6.45, 7) is 3.43. The molecular formula is C16H24N2O2S. The van der Waals surface area contributed by atoms with E-state index in [1.165, 1.54) is 12.8 Å². The number of aryl methyl sites for hydroxylation is 1. The molecule has 0 amide bonds. The van der Waals surface area contributed by atoms with E-state index in [9.17, 15) is 8.42 Å². The fraction of sp³-hybridized carbons (Fsp3) is 0.625. The van der Waals surface area contributed by atoms with Gasteiger partial charge >= 0.3 is 0 Å². The van der Waals surface area contributed by atoms with Gasteiger partial charge in [0, 0.05) is 19.1 Å². The summed E-state index contributed by atoms with van der Waals surface area (Å²) in [5.41, 5.74) is 2.18. The fourth-order valence-electron chi connectivity index (χ4n) is 2.69. The zero-order chi connectivity index (χ0) is 15.0. The quantitative estimate of drug-likeness (QED) is 0.841. The molecule has 0 unspecified atom stereocenters. The van der Waals surface area contributed by atoms with Crippen LogP contribution in [0.4, 0.5) is 0 Å². The molecule has 0 radical (unpaired) electrons. The van der Waals surface area contributed by atoms with Crippen LogP contribution in [0.5, 0.6) is 0 Å². The van der Waals surface area contributed by atoms with Gasteiger partial charge in [-0.3, -0.25) is 0 Å². The van der Waals surface area contributed by atoms with Crippen LogP contribution in [-0.2, 0) is 16.6 Å². The first-order valence-corrected chi connectivity index (χ1v) is 9.22. The lowest BCUT2D eigenvalue weighted by Gasteiger charge is -2.22. The summed E-state index contributed by atoms with van der Waals surface area (Å²) >= 11 is 0. The molecule has 2 aliphatic carbocycles. The second-order valence-electron chi connectivity index (χ2n) is 6.37. The maximum absolute atomic E-state index is 13.0. The van der Waals surface area contributed by atoms with E-state index in [1.807, 2.05) is 26.1 Å². The predicted molar refractivity (Wildman–Crippen MR) is 83.6 cm³/mol. The third kappa shape index (κ3) is 3.30. The maximum Gasteiger partial charge on any atom is 0.243 e. The van der Waals surface area contributed by atoms with Gasteiger partial charge in [0.05, 0.1) is 4.90 Å². The normalized spacial score (nSPS) is 19.2. The van der Waals surface area contributed by atoms with Crippen LogP contribution in [-0.4, -0.2) is 32.4 Å². The molecule has 4 nitrogen and oxygen atoms in total. The van der Waals surface area contributed by atoms with E-state index in [0.717, 1.165) is 24.0 Å². The van der Waals surface area contributed by atoms with E-state index in [2.05, 4.69) is 5.32 Å². The highest BCUT2D eigenvalue weighted by Crippen LogP contribution is 2.38. The monoisotopic (exact) mass is 308 g/mol. The van der Waals surface area contributed by atoms with Crippen LogP contribution in [0.25, 0.3) is 0 Å². The molecule has 0 saturated heterocycles. The Morgan fingerprint density at radius 1 is 1.24 bits per heavy atom. The van der Waals surface area contributed by atoms with Crippen molar-refractivity contribution in [3.8, 4) is 0 Å². The molecule has 2 saturated carbocycles. The maximum atomic E-state index is 13.0. The molecule has 1 N–H and O–H groups in total. The van der Waals surface area contributed by atoms with Crippen LogP contribution in [0.1, 0.15) is 36.8 Å². The summed E-state index contributed by atoms with van der Waals surface area (Å²) in [5.74, 6) is 0.586. The Hall–Kier alpha value is -0.910. The molecule has 0 spiro atoms. The minimum absolute atomic E-state index is 0.240. The Labute approximate surface area is 127 Å². The molecule has 1 aromatic rings. The minimum Gasteiger partial charge on any atom is -0.316 e. The topological polar surface area (TPSA) is 49.4 Å². The average Bonchev–Trinajstić information content (AvgIpc) is 3.32. The second-order valence-corrected chi connectivity index (χ2v) is 8.26. The summed E-state index contributed by atoms with van der Waals surface area (Å²) in [5, 5.41) is 3.10. The summed E-state index contributed by atoms with van der Waals surface area (Å²) in [6, 6.07) is 5.75. The van der Waals surface area contributed by atoms with Crippen LogP contribution in [0.2, 0.25) is 0 Å². The Balaban J connectivity index is 1.90. The molecule has 3 rings (SSSR count). The highest BCUT2D eigenvalue weighted by molar-refractivity contribution is 7.89. The number of sulfonamides is 1. The van der Waals surface area contributed by atoms with Crippen LogP contribution < -0.4 is 5.32 Å². The SMILES string of the molecule is CNCc1cc(S(=O)(=O)N(CC2CC2)C2CC2)ccc1C. The zero-order valence-corrected chi connectivity index (χ0v) is 13.6. The van der Waals surface area contributed by atoms with Crippen molar-refractivity contribution >= 4 is 10.0 Å². The van der Waals surface area contributed by atoms with Crippen LogP contribution in [0.3, 0.4) is 0 Å². The molecule has 0 bridgehead atoms. The number of benzene rings is 1. The third-order valence-electron chi connectivity index (χ3n) is 4.38. The predicted octanol–water partition coefficient (Wildman–Crippen LogP) is 2.28. The highest BCUT2D eigenvalue weighted by Gasteiger charge is 2.41. The van der Waals surface area contributed by atoms with Crippen molar-refractivity contribution in [2.75, 3.05) is 13.6 Å². The third-order valence-corrected chi connectivity index (χ3v) is 6.30. The molecule has 1 aromatic carbocycles. The summed E-state index contributed by atoms with van der Waals surface area (Å²) in [7, 11) is -1.47. The molecule has 5 heteroatoms. The van der Waals surface area contributed by atoms with Gasteiger partial charge in [-0.15, -0.1) is 0 Å². The van der Waals surface area contributed by atoms with Gasteiger partial charge in [0.25, 0.3) is 0 Å². The van der Waals surface area contributed by atoms with E-state index in [4.69, 9.17) is 0 Å². The molecule has 21 heavy (non-hydrogen) atoms. The van der Waals surface area contributed by atoms with E-state index in [1.54, 1.807) is 10.4 Å². The van der Waals surface area contributed by atoms with Gasteiger partial charge in [-0.05, 0) is 68.8 Å². The zero-order valence-electron chi connectivity index (χ0n) is 12.8. The lowest BCUT2D eigenvalue weighted by atomic mass is 10.1. The first-order valence-electron chi connectivity index (χ1n) is 7.78. The van der Waals surface area contributed by atoms with E-state index in [0.29, 0.717) is 23.9 Å². The highest BCUT2D eigenvalue weighted by atomic mass is 32.2. The molecule has 0 atom stereocenters. The molecule has 116 valence electrons. The fourth-order valence-corrected chi connectivity index (χ4v) is 4.50. The number of hydrogen-bond donors (Lipinski definition) is 1. The van der Waals surface area contributed by atoms with E-state index < -0.39 is 10.0 Å². The standard InChI is InChI=1S/C16H24N2O2S/c1-12-3-8-16(9-14(12)10-17-2)21(19,20)18(15-6-7-15)11-13-4-5-13/h3,8-9,13,15,17H,4-7,10-11H2,1-2H3. The first kappa shape index (κ1) is 15.0. The van der Waals surface area contributed by atoms with Gasteiger partial charge in [0.1, 0.15) is 0 Å². The van der Waals surface area contributed by atoms with E-state index >= 15 is 0 Å². The Kier molecular flexibility index (Phi) is 4.08. The van der Waals surface area contributed by atoms with Gasteiger partial charge in [0.15, 0.2) is 0 Å². The Morgan fingerprint density at radius 3 is 2.52 bits per heavy atom. The summed E-state index contributed by atoms with van der Waals surface area (Å²) in [4.78, 5) is 0.450. The smallest absolute Gasteiger partial charge is 0.243 e. The number of rotatable bonds is 7. The molecule has 2 fully saturated rings. The molecule has 0 aromatic heterocycles. The second kappa shape index (κ2) is 5.71. The van der Waals surface area contributed by atoms with Crippen molar-refractivity contribution in [2.24, 2.45) is 5.92 Å². The van der Waals surface area contributed by atoms with Crippen molar-refractivity contribution in [1.29, 1.82) is 0 Å². The lowest BCUT2D eigenvalue weighted by molar-refractivity contribution is 0.388. The summed E-state index contributed by atoms with van der Waals surface area (Å²) < 4.78 is 27.7. The van der Waals surface area contributed by atoms with Gasteiger partial charge in [-0.25, -0.2) is 8.42 Å². The van der Waals surface area contributed by atoms with E-state index in [-0.39, 0.29) is 6.04 Å². The Morgan fingerprint density at radius 2 is 1.95 bits per heavy atom. The van der Waals surface area contributed by atoms with Crippen molar-refractivity contribution in [3.63, 3.8) is 0 Å². The van der Waals surface area contributed by atoms with Gasteiger partial charge in [0.2, 0.25) is 10.0 Å². The molecule has 2 aliphatic rings. The van der Waals surface area contributed by atoms with Gasteiger partial charge < -0.3 is 5.32 Å².